The third kappa shape index (κ3) is 0.923. The fourth-order valence-electron chi connectivity index (χ4n) is 0.771. The van der Waals surface area contributed by atoms with Gasteiger partial charge in [-0.3, -0.25) is 9.59 Å². The van der Waals surface area contributed by atoms with Crippen LogP contribution in [0.25, 0.3) is 0 Å². The lowest BCUT2D eigenvalue weighted by Crippen LogP contribution is -2.09. The number of carbonyl (C=O) groups is 2. The van der Waals surface area contributed by atoms with Crippen molar-refractivity contribution < 1.29 is 9.59 Å². The van der Waals surface area contributed by atoms with E-state index in [0.29, 0.717) is 11.1 Å². The van der Waals surface area contributed by atoms with E-state index in [1.54, 1.807) is 13.8 Å². The third-order valence-electron chi connectivity index (χ3n) is 1.69. The molecular weight excluding hydrogens is 128 g/mol. The molecule has 10 heavy (non-hydrogen) atoms. The highest BCUT2D eigenvalue weighted by molar-refractivity contribution is 6.19. The van der Waals surface area contributed by atoms with Crippen LogP contribution in [0.5, 0.6) is 0 Å². The highest BCUT2D eigenvalue weighted by Gasteiger charge is 2.14. The molecule has 2 nitrogen and oxygen atoms in total. The van der Waals surface area contributed by atoms with Gasteiger partial charge >= 0.3 is 0 Å². The van der Waals surface area contributed by atoms with E-state index in [2.05, 4.69) is 0 Å². The summed E-state index contributed by atoms with van der Waals surface area (Å²) in [5.74, 6) is -0.116. The molecule has 0 aromatic heterocycles. The van der Waals surface area contributed by atoms with Crippen molar-refractivity contribution in [1.82, 2.24) is 0 Å². The molecule has 0 spiro atoms. The van der Waals surface area contributed by atoms with E-state index in [0.717, 1.165) is 0 Å². The molecule has 1 aliphatic rings. The van der Waals surface area contributed by atoms with Gasteiger partial charge in [-0.1, -0.05) is 0 Å². The van der Waals surface area contributed by atoms with Crippen molar-refractivity contribution in [2.45, 2.75) is 13.8 Å². The van der Waals surface area contributed by atoms with Gasteiger partial charge in [-0.15, -0.1) is 0 Å². The first-order chi connectivity index (χ1) is 4.63. The number of rotatable bonds is 0. The van der Waals surface area contributed by atoms with Gasteiger partial charge in [-0.2, -0.15) is 0 Å². The Morgan fingerprint density at radius 3 is 1.50 bits per heavy atom. The van der Waals surface area contributed by atoms with E-state index in [-0.39, 0.29) is 11.6 Å². The number of allylic oxidation sites excluding steroid dienone is 4. The van der Waals surface area contributed by atoms with Crippen LogP contribution in [0.3, 0.4) is 0 Å². The molecule has 0 N–H and O–H groups in total. The lowest BCUT2D eigenvalue weighted by atomic mass is 9.98. The quantitative estimate of drug-likeness (QED) is 0.466. The van der Waals surface area contributed by atoms with Crippen molar-refractivity contribution in [3.8, 4) is 0 Å². The fourth-order valence-corrected chi connectivity index (χ4v) is 0.771. The second-order valence-corrected chi connectivity index (χ2v) is 2.31. The monoisotopic (exact) mass is 136 g/mol. The number of ketones is 2. The first-order valence-corrected chi connectivity index (χ1v) is 3.07. The molecule has 2 heteroatoms. The average Bonchev–Trinajstić information content (AvgIpc) is 1.93. The maximum absolute atomic E-state index is 10.9. The summed E-state index contributed by atoms with van der Waals surface area (Å²) in [6.07, 6.45) is 2.62. The number of hydrogen-bond acceptors (Lipinski definition) is 2. The zero-order valence-corrected chi connectivity index (χ0v) is 5.97. The zero-order chi connectivity index (χ0) is 7.72. The molecule has 0 aliphatic heterocycles. The largest absolute Gasteiger partial charge is 0.290 e. The minimum absolute atomic E-state index is 0.0582. The van der Waals surface area contributed by atoms with E-state index in [1.165, 1.54) is 12.2 Å². The summed E-state index contributed by atoms with van der Waals surface area (Å²) in [6, 6.07) is 0. The van der Waals surface area contributed by atoms with Gasteiger partial charge in [-0.05, 0) is 26.0 Å². The Balaban J connectivity index is 3.12. The second-order valence-electron chi connectivity index (χ2n) is 2.31. The van der Waals surface area contributed by atoms with E-state index in [1.807, 2.05) is 0 Å². The van der Waals surface area contributed by atoms with Crippen molar-refractivity contribution in [3.05, 3.63) is 23.3 Å². The minimum atomic E-state index is -0.0582. The van der Waals surface area contributed by atoms with Crippen molar-refractivity contribution >= 4 is 11.6 Å². The second kappa shape index (κ2) is 2.21. The molecule has 52 valence electrons. The van der Waals surface area contributed by atoms with Gasteiger partial charge in [0.05, 0.1) is 0 Å². The van der Waals surface area contributed by atoms with Crippen LogP contribution in [-0.2, 0) is 9.59 Å². The van der Waals surface area contributed by atoms with Gasteiger partial charge in [0.15, 0.2) is 11.6 Å². The zero-order valence-electron chi connectivity index (χ0n) is 5.97. The molecule has 0 saturated heterocycles. The molecule has 0 unspecified atom stereocenters. The van der Waals surface area contributed by atoms with E-state index in [9.17, 15) is 9.59 Å². The van der Waals surface area contributed by atoms with Crippen molar-refractivity contribution in [2.24, 2.45) is 0 Å². The normalized spacial score (nSPS) is 18.6. The standard InChI is InChI=1S/C8H8O2/c1-5-6(2)8(10)4-3-7(5)9/h3-4H,1-2H3. The Kier molecular flexibility index (Phi) is 1.53. The molecule has 0 fully saturated rings. The Morgan fingerprint density at radius 1 is 0.900 bits per heavy atom. The van der Waals surface area contributed by atoms with Gasteiger partial charge in [-0.25, -0.2) is 0 Å². The SMILES string of the molecule is CC1=C(C)C(=O)C=CC1=O. The Hall–Kier alpha value is -1.18. The predicted molar refractivity (Wildman–Crippen MR) is 37.5 cm³/mol. The van der Waals surface area contributed by atoms with Gasteiger partial charge in [0.1, 0.15) is 0 Å². The third-order valence-corrected chi connectivity index (χ3v) is 1.69. The highest BCUT2D eigenvalue weighted by Crippen LogP contribution is 2.11. The molecular formula is C8H8O2. The number of carbonyl (C=O) groups excluding carboxylic acids is 2. The van der Waals surface area contributed by atoms with Crippen LogP contribution in [0.2, 0.25) is 0 Å². The summed E-state index contributed by atoms with van der Waals surface area (Å²) >= 11 is 0. The predicted octanol–water partition coefficient (Wildman–Crippen LogP) is 1.03. The molecule has 0 heterocycles. The fraction of sp³-hybridized carbons (Fsp3) is 0.250. The smallest absolute Gasteiger partial charge is 0.182 e. The maximum atomic E-state index is 10.9. The lowest BCUT2D eigenvalue weighted by Gasteiger charge is -2.04. The molecule has 0 bridgehead atoms. The summed E-state index contributed by atoms with van der Waals surface area (Å²) in [6.45, 7) is 3.33. The summed E-state index contributed by atoms with van der Waals surface area (Å²) < 4.78 is 0. The summed E-state index contributed by atoms with van der Waals surface area (Å²) in [5, 5.41) is 0. The van der Waals surface area contributed by atoms with Gasteiger partial charge in [0.25, 0.3) is 0 Å². The Morgan fingerprint density at radius 2 is 1.20 bits per heavy atom. The van der Waals surface area contributed by atoms with Gasteiger partial charge < -0.3 is 0 Å². The average molecular weight is 136 g/mol. The highest BCUT2D eigenvalue weighted by atomic mass is 16.1. The van der Waals surface area contributed by atoms with Gasteiger partial charge in [0, 0.05) is 11.1 Å². The summed E-state index contributed by atoms with van der Waals surface area (Å²) in [4.78, 5) is 21.7. The molecule has 0 aromatic rings. The van der Waals surface area contributed by atoms with Crippen molar-refractivity contribution in [3.63, 3.8) is 0 Å². The molecule has 0 amide bonds. The van der Waals surface area contributed by atoms with E-state index in [4.69, 9.17) is 0 Å². The molecule has 1 aliphatic carbocycles. The lowest BCUT2D eigenvalue weighted by molar-refractivity contribution is -0.115. The molecule has 0 saturated carbocycles. The van der Waals surface area contributed by atoms with Crippen molar-refractivity contribution in [1.29, 1.82) is 0 Å². The van der Waals surface area contributed by atoms with Gasteiger partial charge in [0.2, 0.25) is 0 Å². The van der Waals surface area contributed by atoms with E-state index >= 15 is 0 Å². The van der Waals surface area contributed by atoms with Crippen LogP contribution in [0.4, 0.5) is 0 Å². The summed E-state index contributed by atoms with van der Waals surface area (Å²) in [7, 11) is 0. The molecule has 0 aromatic carbocycles. The molecule has 0 radical (unpaired) electrons. The minimum Gasteiger partial charge on any atom is -0.290 e. The summed E-state index contributed by atoms with van der Waals surface area (Å²) in [5.41, 5.74) is 1.13. The van der Waals surface area contributed by atoms with Crippen molar-refractivity contribution in [2.75, 3.05) is 0 Å². The maximum Gasteiger partial charge on any atom is 0.182 e. The first kappa shape index (κ1) is 6.93. The topological polar surface area (TPSA) is 34.1 Å². The van der Waals surface area contributed by atoms with Crippen LogP contribution in [0.1, 0.15) is 13.8 Å². The van der Waals surface area contributed by atoms with Crippen LogP contribution in [-0.4, -0.2) is 11.6 Å². The Labute approximate surface area is 59.2 Å². The molecule has 1 rings (SSSR count). The number of hydrogen-bond donors (Lipinski definition) is 0. The van der Waals surface area contributed by atoms with Crippen LogP contribution < -0.4 is 0 Å². The van der Waals surface area contributed by atoms with Crippen LogP contribution in [0.15, 0.2) is 23.3 Å². The first-order valence-electron chi connectivity index (χ1n) is 3.07. The van der Waals surface area contributed by atoms with Crippen LogP contribution >= 0.6 is 0 Å². The van der Waals surface area contributed by atoms with Crippen LogP contribution in [0, 0.1) is 0 Å². The van der Waals surface area contributed by atoms with E-state index < -0.39 is 0 Å². The Bertz CT molecular complexity index is 230. The molecule has 0 atom stereocenters.